The molecule has 2 heterocycles. The summed E-state index contributed by atoms with van der Waals surface area (Å²) in [5.41, 5.74) is 0.722. The molecule has 1 saturated heterocycles. The predicted molar refractivity (Wildman–Crippen MR) is 65.7 cm³/mol. The average molecular weight is 292 g/mol. The van der Waals surface area contributed by atoms with E-state index in [0.29, 0.717) is 11.0 Å². The fraction of sp³-hybridized carbons (Fsp3) is 0.500. The highest BCUT2D eigenvalue weighted by Gasteiger charge is 2.25. The van der Waals surface area contributed by atoms with Crippen LogP contribution in [0.25, 0.3) is 0 Å². The number of guanidine groups is 1. The van der Waals surface area contributed by atoms with Crippen molar-refractivity contribution in [1.82, 2.24) is 14.8 Å². The summed E-state index contributed by atoms with van der Waals surface area (Å²) in [5, 5.41) is 14.9. The highest BCUT2D eigenvalue weighted by atomic mass is 35.5. The second kappa shape index (κ2) is 5.46. The second-order valence-corrected chi connectivity index (χ2v) is 5.03. The number of aromatic nitrogens is 1. The lowest BCUT2D eigenvalue weighted by Gasteiger charge is -2.34. The summed E-state index contributed by atoms with van der Waals surface area (Å²) in [7, 11) is 1.67. The first-order chi connectivity index (χ1) is 8.56. The van der Waals surface area contributed by atoms with Crippen molar-refractivity contribution in [3.8, 4) is 0 Å². The van der Waals surface area contributed by atoms with Gasteiger partial charge in [-0.3, -0.25) is 0 Å². The van der Waals surface area contributed by atoms with Crippen LogP contribution in [0.15, 0.2) is 10.5 Å². The Labute approximate surface area is 112 Å². The number of rotatable bonds is 3. The van der Waals surface area contributed by atoms with Crippen LogP contribution in [-0.4, -0.2) is 46.3 Å². The maximum atomic E-state index is 10.5. The Balaban J connectivity index is 2.15. The molecule has 0 saturated carbocycles. The van der Waals surface area contributed by atoms with Gasteiger partial charge < -0.3 is 14.5 Å². The molecule has 0 N–H and O–H groups in total. The topological polar surface area (TPSA) is 84.1 Å². The zero-order chi connectivity index (χ0) is 13.1. The molecule has 2 rings (SSSR count). The van der Waals surface area contributed by atoms with Gasteiger partial charge in [0.1, 0.15) is 18.6 Å². The Kier molecular flexibility index (Phi) is 3.94. The summed E-state index contributed by atoms with van der Waals surface area (Å²) in [6, 6.07) is 0. The molecule has 8 nitrogen and oxygen atoms in total. The van der Waals surface area contributed by atoms with Crippen LogP contribution >= 0.6 is 22.9 Å². The molecule has 1 fully saturated rings. The van der Waals surface area contributed by atoms with Crippen LogP contribution in [-0.2, 0) is 11.3 Å². The third kappa shape index (κ3) is 3.06. The number of thiazole rings is 1. The Morgan fingerprint density at radius 2 is 2.50 bits per heavy atom. The number of hydrogen-bond acceptors (Lipinski definition) is 5. The molecule has 98 valence electrons. The Morgan fingerprint density at radius 3 is 3.11 bits per heavy atom. The monoisotopic (exact) mass is 291 g/mol. The number of halogens is 1. The molecule has 0 aliphatic carbocycles. The number of ether oxygens (including phenoxy) is 1. The van der Waals surface area contributed by atoms with Crippen LogP contribution in [0, 0.1) is 10.1 Å². The third-order valence-electron chi connectivity index (χ3n) is 2.20. The van der Waals surface area contributed by atoms with E-state index in [2.05, 4.69) is 10.1 Å². The van der Waals surface area contributed by atoms with E-state index in [4.69, 9.17) is 16.3 Å². The largest absolute Gasteiger partial charge is 0.341 e. The molecule has 10 heteroatoms. The van der Waals surface area contributed by atoms with Gasteiger partial charge in [0.2, 0.25) is 0 Å². The van der Waals surface area contributed by atoms with Crippen LogP contribution in [0.1, 0.15) is 5.69 Å². The van der Waals surface area contributed by atoms with Gasteiger partial charge in [0.15, 0.2) is 9.50 Å². The summed E-state index contributed by atoms with van der Waals surface area (Å²) in [5.74, 6) is 0.246. The molecule has 0 radical (unpaired) electrons. The lowest BCUT2D eigenvalue weighted by Crippen LogP contribution is -2.49. The molecule has 0 atom stereocenters. The molecule has 1 aliphatic heterocycles. The molecule has 1 aromatic rings. The van der Waals surface area contributed by atoms with E-state index in [1.165, 1.54) is 11.3 Å². The molecule has 1 aromatic heterocycles. The van der Waals surface area contributed by atoms with E-state index in [-0.39, 0.29) is 19.4 Å². The number of nitro groups is 1. The maximum Gasteiger partial charge on any atom is 0.277 e. The van der Waals surface area contributed by atoms with E-state index in [9.17, 15) is 10.1 Å². The summed E-state index contributed by atoms with van der Waals surface area (Å²) in [6.07, 6.45) is 0. The maximum absolute atomic E-state index is 10.5. The van der Waals surface area contributed by atoms with Crippen LogP contribution < -0.4 is 0 Å². The van der Waals surface area contributed by atoms with Gasteiger partial charge >= 0.3 is 0 Å². The third-order valence-corrected chi connectivity index (χ3v) is 3.23. The zero-order valence-electron chi connectivity index (χ0n) is 9.45. The Morgan fingerprint density at radius 1 is 1.72 bits per heavy atom. The van der Waals surface area contributed by atoms with Gasteiger partial charge in [-0.2, -0.15) is 0 Å². The van der Waals surface area contributed by atoms with Crippen molar-refractivity contribution >= 4 is 28.9 Å². The summed E-state index contributed by atoms with van der Waals surface area (Å²) < 4.78 is 5.71. The van der Waals surface area contributed by atoms with Crippen LogP contribution in [0.3, 0.4) is 0 Å². The van der Waals surface area contributed by atoms with Crippen LogP contribution in [0.4, 0.5) is 0 Å². The van der Waals surface area contributed by atoms with Gasteiger partial charge in [0, 0.05) is 12.4 Å². The highest BCUT2D eigenvalue weighted by Crippen LogP contribution is 2.17. The van der Waals surface area contributed by atoms with E-state index in [1.54, 1.807) is 22.2 Å². The predicted octanol–water partition coefficient (Wildman–Crippen LogP) is 1.02. The van der Waals surface area contributed by atoms with Gasteiger partial charge in [-0.1, -0.05) is 11.6 Å². The van der Waals surface area contributed by atoms with Gasteiger partial charge in [-0.15, -0.1) is 11.3 Å². The van der Waals surface area contributed by atoms with Crippen molar-refractivity contribution in [1.29, 1.82) is 0 Å². The molecule has 0 spiro atoms. The first-order valence-corrected chi connectivity index (χ1v) is 6.19. The van der Waals surface area contributed by atoms with Crippen LogP contribution in [0.5, 0.6) is 0 Å². The van der Waals surface area contributed by atoms with Crippen LogP contribution in [0.2, 0.25) is 4.47 Å². The Bertz CT molecular complexity index is 479. The first kappa shape index (κ1) is 13.0. The Hall–Kier alpha value is -1.45. The van der Waals surface area contributed by atoms with Gasteiger partial charge in [0.25, 0.3) is 5.96 Å². The van der Waals surface area contributed by atoms with Crippen molar-refractivity contribution < 1.29 is 9.77 Å². The van der Waals surface area contributed by atoms with E-state index >= 15 is 0 Å². The normalized spacial score (nSPS) is 18.4. The fourth-order valence-electron chi connectivity index (χ4n) is 1.52. The van der Waals surface area contributed by atoms with Gasteiger partial charge in [0.05, 0.1) is 12.2 Å². The smallest absolute Gasteiger partial charge is 0.277 e. The molecule has 0 bridgehead atoms. The second-order valence-electron chi connectivity index (χ2n) is 3.59. The highest BCUT2D eigenvalue weighted by molar-refractivity contribution is 7.13. The molecule has 1 aliphatic rings. The van der Waals surface area contributed by atoms with Crippen molar-refractivity contribution in [2.45, 2.75) is 6.54 Å². The van der Waals surface area contributed by atoms with Crippen molar-refractivity contribution in [2.75, 3.05) is 20.5 Å². The van der Waals surface area contributed by atoms with Gasteiger partial charge in [-0.05, 0) is 0 Å². The molecule has 0 aromatic carbocycles. The van der Waals surface area contributed by atoms with E-state index in [1.807, 2.05) is 0 Å². The average Bonchev–Trinajstić information content (AvgIpc) is 2.69. The first-order valence-electron chi connectivity index (χ1n) is 4.93. The lowest BCUT2D eigenvalue weighted by atomic mass is 10.4. The standard InChI is InChI=1S/C8H10ClN5O3S/c1-12-4-17-5-13(8(12)11-14(15)16)2-6-3-18-7(9)10-6/h3H,2,4-5H2,1H3. The molecule has 0 amide bonds. The van der Waals surface area contributed by atoms with Crippen molar-refractivity contribution in [3.63, 3.8) is 0 Å². The van der Waals surface area contributed by atoms with Crippen molar-refractivity contribution in [2.24, 2.45) is 5.10 Å². The SMILES string of the molecule is CN1COCN(Cc2csc(Cl)n2)C1=N[N+](=O)[O-]. The minimum atomic E-state index is -0.724. The molecular weight excluding hydrogens is 282 g/mol. The molecule has 0 unspecified atom stereocenters. The minimum absolute atomic E-state index is 0.228. The lowest BCUT2D eigenvalue weighted by molar-refractivity contribution is -0.486. The van der Waals surface area contributed by atoms with Crippen molar-refractivity contribution in [3.05, 3.63) is 25.7 Å². The zero-order valence-corrected chi connectivity index (χ0v) is 11.0. The van der Waals surface area contributed by atoms with Gasteiger partial charge in [-0.25, -0.2) is 15.1 Å². The van der Waals surface area contributed by atoms with E-state index in [0.717, 1.165) is 5.69 Å². The number of hydrazone groups is 1. The molecule has 18 heavy (non-hydrogen) atoms. The van der Waals surface area contributed by atoms with E-state index < -0.39 is 5.03 Å². The summed E-state index contributed by atoms with van der Waals surface area (Å²) >= 11 is 7.04. The fourth-order valence-corrected chi connectivity index (χ4v) is 2.30. The molecular formula is C8H10ClN5O3S. The quantitative estimate of drug-likeness (QED) is 0.611. The summed E-state index contributed by atoms with van der Waals surface area (Å²) in [4.78, 5) is 17.8. The number of hydrogen-bond donors (Lipinski definition) is 0. The summed E-state index contributed by atoms with van der Waals surface area (Å²) in [6.45, 7) is 0.855. The number of nitrogens with zero attached hydrogens (tertiary/aromatic N) is 5. The minimum Gasteiger partial charge on any atom is -0.341 e.